The van der Waals surface area contributed by atoms with Gasteiger partial charge in [0.05, 0.1) is 13.2 Å². The van der Waals surface area contributed by atoms with Crippen molar-refractivity contribution < 1.29 is 14.3 Å². The van der Waals surface area contributed by atoms with Gasteiger partial charge in [-0.3, -0.25) is 4.79 Å². The van der Waals surface area contributed by atoms with Crippen LogP contribution in [-0.4, -0.2) is 25.0 Å². The lowest BCUT2D eigenvalue weighted by Gasteiger charge is -2.17. The first-order chi connectivity index (χ1) is 11.7. The second kappa shape index (κ2) is 8.68. The van der Waals surface area contributed by atoms with Gasteiger partial charge in [-0.15, -0.1) is 0 Å². The fraction of sp³-hybridized carbons (Fsp3) is 0.316. The van der Waals surface area contributed by atoms with Gasteiger partial charge in [-0.05, 0) is 36.1 Å². The predicted octanol–water partition coefficient (Wildman–Crippen LogP) is 3.20. The zero-order chi connectivity index (χ0) is 17.4. The molecule has 2 rings (SSSR count). The Morgan fingerprint density at radius 2 is 1.92 bits per heavy atom. The first kappa shape index (κ1) is 17.5. The molecule has 5 heteroatoms. The molecule has 1 amide bonds. The van der Waals surface area contributed by atoms with Crippen molar-refractivity contribution in [2.45, 2.75) is 31.7 Å². The lowest BCUT2D eigenvalue weighted by Crippen LogP contribution is -2.41. The van der Waals surface area contributed by atoms with E-state index in [-0.39, 0.29) is 5.91 Å². The first-order valence-electron chi connectivity index (χ1n) is 7.90. The van der Waals surface area contributed by atoms with E-state index in [1.807, 2.05) is 36.4 Å². The van der Waals surface area contributed by atoms with Crippen LogP contribution < -0.4 is 5.32 Å². The van der Waals surface area contributed by atoms with Gasteiger partial charge in [-0.25, -0.2) is 4.79 Å². The van der Waals surface area contributed by atoms with Crippen molar-refractivity contribution in [2.24, 2.45) is 0 Å². The van der Waals surface area contributed by atoms with Gasteiger partial charge in [0.2, 0.25) is 0 Å². The van der Waals surface area contributed by atoms with Crippen molar-refractivity contribution in [3.8, 4) is 6.07 Å². The normalized spacial score (nSPS) is 11.5. The van der Waals surface area contributed by atoms with E-state index in [1.165, 1.54) is 7.11 Å². The summed E-state index contributed by atoms with van der Waals surface area (Å²) in [7, 11) is 1.30. The van der Waals surface area contributed by atoms with Crippen molar-refractivity contribution in [1.29, 1.82) is 5.26 Å². The molecule has 24 heavy (non-hydrogen) atoms. The third-order valence-electron chi connectivity index (χ3n) is 3.86. The summed E-state index contributed by atoms with van der Waals surface area (Å²) in [6.07, 6.45) is 2.24. The van der Waals surface area contributed by atoms with Crippen LogP contribution in [-0.2, 0) is 9.53 Å². The van der Waals surface area contributed by atoms with Crippen molar-refractivity contribution in [3.63, 3.8) is 0 Å². The van der Waals surface area contributed by atoms with Gasteiger partial charge < -0.3 is 10.1 Å². The third kappa shape index (κ3) is 4.32. The Bertz CT molecular complexity index is 759. The molecular weight excluding hydrogens is 304 g/mol. The minimum absolute atomic E-state index is 0.303. The van der Waals surface area contributed by atoms with Gasteiger partial charge in [-0.1, -0.05) is 36.4 Å². The highest BCUT2D eigenvalue weighted by Crippen LogP contribution is 2.18. The van der Waals surface area contributed by atoms with E-state index >= 15 is 0 Å². The number of carbonyl (C=O) groups is 2. The lowest BCUT2D eigenvalue weighted by molar-refractivity contribution is -0.143. The molecule has 0 saturated heterocycles. The van der Waals surface area contributed by atoms with Gasteiger partial charge >= 0.3 is 5.97 Å². The van der Waals surface area contributed by atoms with Crippen LogP contribution in [0.3, 0.4) is 0 Å². The summed E-state index contributed by atoms with van der Waals surface area (Å²) in [5, 5.41) is 13.1. The van der Waals surface area contributed by atoms with E-state index < -0.39 is 12.0 Å². The van der Waals surface area contributed by atoms with E-state index in [0.717, 1.165) is 10.8 Å². The molecule has 0 unspecified atom stereocenters. The van der Waals surface area contributed by atoms with Crippen LogP contribution >= 0.6 is 0 Å². The van der Waals surface area contributed by atoms with Crippen molar-refractivity contribution in [2.75, 3.05) is 7.11 Å². The summed E-state index contributed by atoms with van der Waals surface area (Å²) in [5.74, 6) is -0.775. The number of nitrogens with zero attached hydrogens (tertiary/aromatic N) is 1. The Kier molecular flexibility index (Phi) is 6.32. The molecule has 0 aliphatic rings. The number of carbonyl (C=O) groups excluding carboxylic acids is 2. The number of amides is 1. The minimum atomic E-state index is -0.708. The second-order valence-corrected chi connectivity index (χ2v) is 5.48. The molecular formula is C19H20N2O3. The fourth-order valence-corrected chi connectivity index (χ4v) is 2.60. The molecule has 0 spiro atoms. The third-order valence-corrected chi connectivity index (χ3v) is 3.86. The maximum atomic E-state index is 12.6. The van der Waals surface area contributed by atoms with Gasteiger partial charge in [0.1, 0.15) is 6.04 Å². The lowest BCUT2D eigenvalue weighted by atomic mass is 10.0. The van der Waals surface area contributed by atoms with Crippen molar-refractivity contribution in [3.05, 3.63) is 48.0 Å². The summed E-state index contributed by atoms with van der Waals surface area (Å²) < 4.78 is 4.77. The molecule has 0 fully saturated rings. The maximum absolute atomic E-state index is 12.6. The van der Waals surface area contributed by atoms with Gasteiger partial charge in [0.25, 0.3) is 5.91 Å². The Hall–Kier alpha value is -2.87. The molecule has 124 valence electrons. The van der Waals surface area contributed by atoms with Crippen molar-refractivity contribution >= 4 is 22.6 Å². The zero-order valence-electron chi connectivity index (χ0n) is 13.6. The van der Waals surface area contributed by atoms with E-state index in [2.05, 4.69) is 11.4 Å². The average molecular weight is 324 g/mol. The Labute approximate surface area is 141 Å². The predicted molar refractivity (Wildman–Crippen MR) is 91.3 cm³/mol. The zero-order valence-corrected chi connectivity index (χ0v) is 13.6. The van der Waals surface area contributed by atoms with Crippen LogP contribution in [0.2, 0.25) is 0 Å². The number of benzene rings is 2. The number of hydrogen-bond acceptors (Lipinski definition) is 4. The van der Waals surface area contributed by atoms with Crippen LogP contribution in [0.4, 0.5) is 0 Å². The van der Waals surface area contributed by atoms with E-state index in [9.17, 15) is 9.59 Å². The Morgan fingerprint density at radius 3 is 2.67 bits per heavy atom. The highest BCUT2D eigenvalue weighted by molar-refractivity contribution is 6.07. The molecule has 0 aromatic heterocycles. The molecule has 5 nitrogen and oxygen atoms in total. The van der Waals surface area contributed by atoms with Gasteiger partial charge in [0, 0.05) is 12.0 Å². The van der Waals surface area contributed by atoms with Crippen LogP contribution in [0, 0.1) is 11.3 Å². The molecule has 1 N–H and O–H groups in total. The molecule has 0 heterocycles. The van der Waals surface area contributed by atoms with Crippen LogP contribution in [0.5, 0.6) is 0 Å². The first-order valence-corrected chi connectivity index (χ1v) is 7.90. The highest BCUT2D eigenvalue weighted by atomic mass is 16.5. The smallest absolute Gasteiger partial charge is 0.328 e. The minimum Gasteiger partial charge on any atom is -0.467 e. The maximum Gasteiger partial charge on any atom is 0.328 e. The summed E-state index contributed by atoms with van der Waals surface area (Å²) in [6.45, 7) is 0. The Balaban J connectivity index is 2.14. The number of esters is 1. The number of methoxy groups -OCH3 is 1. The molecule has 0 bridgehead atoms. The summed E-state index contributed by atoms with van der Waals surface area (Å²) >= 11 is 0. The fourth-order valence-electron chi connectivity index (χ4n) is 2.60. The molecule has 0 saturated carbocycles. The van der Waals surface area contributed by atoms with Crippen LogP contribution in [0.15, 0.2) is 42.5 Å². The number of ether oxygens (including phenoxy) is 1. The Morgan fingerprint density at radius 1 is 1.17 bits per heavy atom. The van der Waals surface area contributed by atoms with Crippen molar-refractivity contribution in [1.82, 2.24) is 5.32 Å². The number of hydrogen-bond donors (Lipinski definition) is 1. The number of fused-ring (bicyclic) bond motifs is 1. The summed E-state index contributed by atoms with van der Waals surface area (Å²) in [6, 6.07) is 14.5. The number of rotatable bonds is 7. The number of unbranched alkanes of at least 4 members (excludes halogenated alkanes) is 2. The molecule has 1 atom stereocenters. The molecule has 2 aromatic carbocycles. The molecule has 0 aliphatic heterocycles. The molecule has 0 aliphatic carbocycles. The SMILES string of the molecule is COC(=O)[C@@H](CCCCC#N)NC(=O)c1cccc2ccccc12. The van der Waals surface area contributed by atoms with E-state index in [1.54, 1.807) is 6.07 Å². The second-order valence-electron chi connectivity index (χ2n) is 5.48. The number of nitrogens with one attached hydrogen (secondary N) is 1. The van der Waals surface area contributed by atoms with E-state index in [0.29, 0.717) is 31.2 Å². The largest absolute Gasteiger partial charge is 0.467 e. The van der Waals surface area contributed by atoms with Crippen LogP contribution in [0.25, 0.3) is 10.8 Å². The molecule has 2 aromatic rings. The summed E-state index contributed by atoms with van der Waals surface area (Å²) in [5.41, 5.74) is 0.527. The average Bonchev–Trinajstić information content (AvgIpc) is 2.62. The van der Waals surface area contributed by atoms with Gasteiger partial charge in [-0.2, -0.15) is 5.26 Å². The van der Waals surface area contributed by atoms with E-state index in [4.69, 9.17) is 10.00 Å². The van der Waals surface area contributed by atoms with Gasteiger partial charge in [0.15, 0.2) is 0 Å². The monoisotopic (exact) mass is 324 g/mol. The van der Waals surface area contributed by atoms with Crippen LogP contribution in [0.1, 0.15) is 36.0 Å². The molecule has 0 radical (unpaired) electrons. The summed E-state index contributed by atoms with van der Waals surface area (Å²) in [4.78, 5) is 24.5. The highest BCUT2D eigenvalue weighted by Gasteiger charge is 2.22. The topological polar surface area (TPSA) is 79.2 Å². The standard InChI is InChI=1S/C19H20N2O3/c1-24-19(23)17(12-3-2-6-13-20)21-18(22)16-11-7-9-14-8-4-5-10-15(14)16/h4-5,7-11,17H,2-3,6,12H2,1H3,(H,21,22)/t17-/m1/s1. The number of nitriles is 1. The quantitative estimate of drug-likeness (QED) is 0.626.